The highest BCUT2D eigenvalue weighted by Crippen LogP contribution is 2.49. The number of carbonyl (C=O) groups is 1. The first-order valence-electron chi connectivity index (χ1n) is 8.87. The molecule has 4 nitrogen and oxygen atoms in total. The van der Waals surface area contributed by atoms with E-state index in [0.29, 0.717) is 23.9 Å². The summed E-state index contributed by atoms with van der Waals surface area (Å²) in [5.74, 6) is 1.87. The standard InChI is InChI=1S/C18H26N2O2/c1-2-19-9-3-6-15(19)16-7-4-10-20(16)18(21)14-12-13(14)17-8-5-11-22-17/h5,8,11,13-16H,2-4,6-7,9-10,12H2,1H3/t13-,14-,15+,16-/m0/s1. The van der Waals surface area contributed by atoms with Gasteiger partial charge in [0.25, 0.3) is 0 Å². The van der Waals surface area contributed by atoms with Gasteiger partial charge in [-0.15, -0.1) is 0 Å². The molecule has 22 heavy (non-hydrogen) atoms. The highest BCUT2D eigenvalue weighted by atomic mass is 16.3. The Kier molecular flexibility index (Phi) is 3.73. The maximum absolute atomic E-state index is 12.9. The number of rotatable bonds is 4. The van der Waals surface area contributed by atoms with Gasteiger partial charge in [-0.2, -0.15) is 0 Å². The highest BCUT2D eigenvalue weighted by molar-refractivity contribution is 5.83. The molecule has 1 aromatic heterocycles. The van der Waals surface area contributed by atoms with Gasteiger partial charge in [0.2, 0.25) is 5.91 Å². The first-order valence-corrected chi connectivity index (χ1v) is 8.87. The Balaban J connectivity index is 1.44. The lowest BCUT2D eigenvalue weighted by molar-refractivity contribution is -0.134. The number of amides is 1. The van der Waals surface area contributed by atoms with E-state index in [0.717, 1.165) is 25.3 Å². The number of carbonyl (C=O) groups excluding carboxylic acids is 1. The van der Waals surface area contributed by atoms with Crippen molar-refractivity contribution in [2.75, 3.05) is 19.6 Å². The van der Waals surface area contributed by atoms with Crippen molar-refractivity contribution in [1.82, 2.24) is 9.80 Å². The molecule has 4 heteroatoms. The van der Waals surface area contributed by atoms with Crippen LogP contribution in [0.3, 0.4) is 0 Å². The van der Waals surface area contributed by atoms with E-state index in [1.165, 1.54) is 32.2 Å². The smallest absolute Gasteiger partial charge is 0.226 e. The van der Waals surface area contributed by atoms with E-state index in [1.54, 1.807) is 6.26 Å². The van der Waals surface area contributed by atoms with Gasteiger partial charge >= 0.3 is 0 Å². The van der Waals surface area contributed by atoms with E-state index < -0.39 is 0 Å². The average molecular weight is 302 g/mol. The third kappa shape index (κ3) is 2.37. The molecule has 3 aliphatic rings. The van der Waals surface area contributed by atoms with Crippen molar-refractivity contribution >= 4 is 5.91 Å². The van der Waals surface area contributed by atoms with Crippen LogP contribution in [0, 0.1) is 5.92 Å². The lowest BCUT2D eigenvalue weighted by Gasteiger charge is -2.34. The van der Waals surface area contributed by atoms with Crippen LogP contribution >= 0.6 is 0 Å². The van der Waals surface area contributed by atoms with Crippen LogP contribution in [0.2, 0.25) is 0 Å². The van der Waals surface area contributed by atoms with Gasteiger partial charge in [0, 0.05) is 30.5 Å². The van der Waals surface area contributed by atoms with Crippen LogP contribution in [-0.2, 0) is 4.79 Å². The minimum absolute atomic E-state index is 0.170. The molecular formula is C18H26N2O2. The summed E-state index contributed by atoms with van der Waals surface area (Å²) in [4.78, 5) is 17.7. The summed E-state index contributed by atoms with van der Waals surface area (Å²) >= 11 is 0. The Morgan fingerprint density at radius 2 is 2.09 bits per heavy atom. The number of hydrogen-bond acceptors (Lipinski definition) is 3. The SMILES string of the molecule is CCN1CCC[C@@H]1[C@@H]1CCCN1C(=O)[C@H]1C[C@@H]1c1ccco1. The first-order chi connectivity index (χ1) is 10.8. The van der Waals surface area contributed by atoms with Gasteiger partial charge in [-0.05, 0) is 57.3 Å². The molecule has 0 N–H and O–H groups in total. The van der Waals surface area contributed by atoms with Gasteiger partial charge in [0.15, 0.2) is 0 Å². The van der Waals surface area contributed by atoms with E-state index in [-0.39, 0.29) is 5.92 Å². The molecule has 0 radical (unpaired) electrons. The Morgan fingerprint density at radius 3 is 2.86 bits per heavy atom. The fourth-order valence-corrected chi connectivity index (χ4v) is 4.64. The van der Waals surface area contributed by atoms with E-state index in [4.69, 9.17) is 4.42 Å². The van der Waals surface area contributed by atoms with Gasteiger partial charge in [0.1, 0.15) is 5.76 Å². The number of hydrogen-bond donors (Lipinski definition) is 0. The van der Waals surface area contributed by atoms with Crippen LogP contribution in [0.5, 0.6) is 0 Å². The molecular weight excluding hydrogens is 276 g/mol. The summed E-state index contributed by atoms with van der Waals surface area (Å²) in [7, 11) is 0. The van der Waals surface area contributed by atoms with E-state index in [1.807, 2.05) is 12.1 Å². The molecule has 1 amide bonds. The largest absolute Gasteiger partial charge is 0.469 e. The number of likely N-dealkylation sites (N-methyl/N-ethyl adjacent to an activating group) is 1. The molecule has 0 bridgehead atoms. The van der Waals surface area contributed by atoms with Crippen molar-refractivity contribution in [1.29, 1.82) is 0 Å². The average Bonchev–Trinajstić information content (AvgIpc) is 3.02. The molecule has 2 aliphatic heterocycles. The molecule has 120 valence electrons. The summed E-state index contributed by atoms with van der Waals surface area (Å²) in [5, 5.41) is 0. The predicted octanol–water partition coefficient (Wildman–Crippen LogP) is 2.86. The van der Waals surface area contributed by atoms with E-state index in [9.17, 15) is 4.79 Å². The zero-order valence-corrected chi connectivity index (χ0v) is 13.4. The van der Waals surface area contributed by atoms with Crippen molar-refractivity contribution < 1.29 is 9.21 Å². The van der Waals surface area contributed by atoms with Crippen molar-refractivity contribution in [3.05, 3.63) is 24.2 Å². The van der Waals surface area contributed by atoms with E-state index in [2.05, 4.69) is 16.7 Å². The van der Waals surface area contributed by atoms with Crippen molar-refractivity contribution in [2.45, 2.75) is 57.0 Å². The summed E-state index contributed by atoms with van der Waals surface area (Å²) in [5.41, 5.74) is 0. The van der Waals surface area contributed by atoms with Crippen LogP contribution < -0.4 is 0 Å². The molecule has 4 atom stereocenters. The zero-order chi connectivity index (χ0) is 15.1. The van der Waals surface area contributed by atoms with Crippen LogP contribution in [0.4, 0.5) is 0 Å². The highest BCUT2D eigenvalue weighted by Gasteiger charge is 2.50. The Labute approximate surface area is 132 Å². The number of furan rings is 1. The van der Waals surface area contributed by atoms with Gasteiger partial charge in [0.05, 0.1) is 6.26 Å². The number of nitrogens with zero attached hydrogens (tertiary/aromatic N) is 2. The summed E-state index contributed by atoms with van der Waals surface area (Å²) in [6.07, 6.45) is 7.58. The molecule has 0 unspecified atom stereocenters. The maximum atomic E-state index is 12.9. The van der Waals surface area contributed by atoms with Gasteiger partial charge in [-0.1, -0.05) is 6.92 Å². The molecule has 2 saturated heterocycles. The van der Waals surface area contributed by atoms with Crippen LogP contribution in [0.1, 0.15) is 50.7 Å². The molecule has 4 rings (SSSR count). The second-order valence-corrected chi connectivity index (χ2v) is 7.04. The predicted molar refractivity (Wildman–Crippen MR) is 84.6 cm³/mol. The molecule has 3 fully saturated rings. The second kappa shape index (κ2) is 5.73. The molecule has 1 aromatic rings. The van der Waals surface area contributed by atoms with Crippen molar-refractivity contribution in [3.8, 4) is 0 Å². The normalized spacial score (nSPS) is 35.2. The fraction of sp³-hybridized carbons (Fsp3) is 0.722. The monoisotopic (exact) mass is 302 g/mol. The number of likely N-dealkylation sites (tertiary alicyclic amines) is 2. The van der Waals surface area contributed by atoms with Gasteiger partial charge in [-0.25, -0.2) is 0 Å². The summed E-state index contributed by atoms with van der Waals surface area (Å²) in [6.45, 7) is 5.52. The third-order valence-electron chi connectivity index (χ3n) is 5.86. The molecule has 1 aliphatic carbocycles. The lowest BCUT2D eigenvalue weighted by Crippen LogP contribution is -2.48. The minimum atomic E-state index is 0.170. The maximum Gasteiger partial charge on any atom is 0.226 e. The fourth-order valence-electron chi connectivity index (χ4n) is 4.64. The van der Waals surface area contributed by atoms with Crippen LogP contribution in [0.25, 0.3) is 0 Å². The third-order valence-corrected chi connectivity index (χ3v) is 5.86. The first kappa shape index (κ1) is 14.3. The lowest BCUT2D eigenvalue weighted by atomic mass is 10.0. The quantitative estimate of drug-likeness (QED) is 0.858. The molecule has 0 aromatic carbocycles. The summed E-state index contributed by atoms with van der Waals surface area (Å²) in [6, 6.07) is 4.98. The Bertz CT molecular complexity index is 527. The van der Waals surface area contributed by atoms with Crippen molar-refractivity contribution in [2.24, 2.45) is 5.92 Å². The Morgan fingerprint density at radius 1 is 1.27 bits per heavy atom. The zero-order valence-electron chi connectivity index (χ0n) is 13.4. The van der Waals surface area contributed by atoms with Crippen LogP contribution in [-0.4, -0.2) is 47.4 Å². The molecule has 1 saturated carbocycles. The van der Waals surface area contributed by atoms with Gasteiger partial charge in [-0.3, -0.25) is 9.69 Å². The minimum Gasteiger partial charge on any atom is -0.469 e. The topological polar surface area (TPSA) is 36.7 Å². The van der Waals surface area contributed by atoms with Gasteiger partial charge < -0.3 is 9.32 Å². The molecule has 3 heterocycles. The second-order valence-electron chi connectivity index (χ2n) is 7.04. The van der Waals surface area contributed by atoms with Crippen molar-refractivity contribution in [3.63, 3.8) is 0 Å². The van der Waals surface area contributed by atoms with Crippen LogP contribution in [0.15, 0.2) is 22.8 Å². The molecule has 0 spiro atoms. The Hall–Kier alpha value is -1.29. The van der Waals surface area contributed by atoms with E-state index >= 15 is 0 Å². The summed E-state index contributed by atoms with van der Waals surface area (Å²) < 4.78 is 5.48.